The van der Waals surface area contributed by atoms with Crippen LogP contribution in [0, 0.1) is 0 Å². The van der Waals surface area contributed by atoms with Crippen LogP contribution in [0.4, 0.5) is 4.79 Å². The minimum absolute atomic E-state index is 0.0556. The number of imide groups is 1. The lowest BCUT2D eigenvalue weighted by molar-refractivity contribution is -0.130. The van der Waals surface area contributed by atoms with Gasteiger partial charge in [-0.05, 0) is 17.5 Å². The zero-order chi connectivity index (χ0) is 13.7. The Morgan fingerprint density at radius 3 is 2.70 bits per heavy atom. The van der Waals surface area contributed by atoms with Gasteiger partial charge in [-0.25, -0.2) is 4.79 Å². The minimum Gasteiger partial charge on any atom is -0.379 e. The lowest BCUT2D eigenvalue weighted by Crippen LogP contribution is -2.41. The van der Waals surface area contributed by atoms with E-state index in [-0.39, 0.29) is 24.0 Å². The van der Waals surface area contributed by atoms with Crippen molar-refractivity contribution in [2.75, 3.05) is 13.2 Å². The minimum atomic E-state index is -0.321. The summed E-state index contributed by atoms with van der Waals surface area (Å²) in [5.74, 6) is -0.0556. The quantitative estimate of drug-likeness (QED) is 0.721. The fourth-order valence-corrected chi connectivity index (χ4v) is 3.40. The Hall–Kier alpha value is -1.88. The van der Waals surface area contributed by atoms with E-state index < -0.39 is 0 Å². The summed E-state index contributed by atoms with van der Waals surface area (Å²) in [5, 5.41) is 0. The van der Waals surface area contributed by atoms with E-state index in [1.54, 1.807) is 4.90 Å². The predicted molar refractivity (Wildman–Crippen MR) is 70.9 cm³/mol. The Morgan fingerprint density at radius 1 is 1.15 bits per heavy atom. The third-order valence-electron chi connectivity index (χ3n) is 4.49. The van der Waals surface area contributed by atoms with Gasteiger partial charge in [-0.3, -0.25) is 9.69 Å². The molecule has 4 rings (SSSR count). The van der Waals surface area contributed by atoms with E-state index in [2.05, 4.69) is 0 Å². The third-order valence-corrected chi connectivity index (χ3v) is 4.49. The second kappa shape index (κ2) is 4.31. The van der Waals surface area contributed by atoms with E-state index >= 15 is 0 Å². The van der Waals surface area contributed by atoms with Gasteiger partial charge in [-0.1, -0.05) is 24.3 Å². The number of benzene rings is 1. The number of nitrogens with zero attached hydrogens (tertiary/aromatic N) is 2. The molecule has 0 aliphatic carbocycles. The number of ether oxygens (including phenoxy) is 1. The smallest absolute Gasteiger partial charge is 0.328 e. The Morgan fingerprint density at radius 2 is 1.95 bits per heavy atom. The van der Waals surface area contributed by atoms with Crippen LogP contribution in [0.1, 0.15) is 17.5 Å². The largest absolute Gasteiger partial charge is 0.379 e. The molecule has 0 bridgehead atoms. The molecule has 20 heavy (non-hydrogen) atoms. The summed E-state index contributed by atoms with van der Waals surface area (Å²) in [6.45, 7) is 1.65. The van der Waals surface area contributed by atoms with Crippen LogP contribution in [0.3, 0.4) is 0 Å². The van der Waals surface area contributed by atoms with Crippen LogP contribution in [0.5, 0.6) is 0 Å². The first-order valence-corrected chi connectivity index (χ1v) is 7.04. The monoisotopic (exact) mass is 272 g/mol. The van der Waals surface area contributed by atoms with E-state index in [4.69, 9.17) is 4.74 Å². The molecule has 2 atom stereocenters. The number of fused-ring (bicyclic) bond motifs is 2. The maximum Gasteiger partial charge on any atom is 0.328 e. The van der Waals surface area contributed by atoms with Crippen LogP contribution < -0.4 is 0 Å². The fraction of sp³-hybridized carbons (Fsp3) is 0.467. The molecule has 3 heterocycles. The molecule has 1 aromatic carbocycles. The Balaban J connectivity index is 1.66. The van der Waals surface area contributed by atoms with Crippen LogP contribution in [0.2, 0.25) is 0 Å². The van der Waals surface area contributed by atoms with Crippen molar-refractivity contribution in [1.82, 2.24) is 9.80 Å². The zero-order valence-electron chi connectivity index (χ0n) is 11.1. The summed E-state index contributed by atoms with van der Waals surface area (Å²) in [6.07, 6.45) is 1.38. The van der Waals surface area contributed by atoms with Crippen LogP contribution in [-0.4, -0.2) is 47.0 Å². The SMILES string of the molecule is O=C1C2Cc3ccccc3CN2C(=O)N1C1CCOC1. The molecule has 5 nitrogen and oxygen atoms in total. The molecule has 0 radical (unpaired) electrons. The van der Waals surface area contributed by atoms with Gasteiger partial charge in [0.15, 0.2) is 0 Å². The van der Waals surface area contributed by atoms with E-state index in [0.29, 0.717) is 26.2 Å². The number of carbonyl (C=O) groups is 2. The first-order valence-electron chi connectivity index (χ1n) is 7.04. The summed E-state index contributed by atoms with van der Waals surface area (Å²) < 4.78 is 5.32. The van der Waals surface area contributed by atoms with Crippen molar-refractivity contribution >= 4 is 11.9 Å². The standard InChI is InChI=1S/C15H16N2O3/c18-14-13-7-10-3-1-2-4-11(10)8-16(13)15(19)17(14)12-5-6-20-9-12/h1-4,12-13H,5-9H2. The Kier molecular flexibility index (Phi) is 2.57. The van der Waals surface area contributed by atoms with Gasteiger partial charge in [0.05, 0.1) is 12.6 Å². The van der Waals surface area contributed by atoms with Crippen molar-refractivity contribution in [2.24, 2.45) is 0 Å². The second-order valence-electron chi connectivity index (χ2n) is 5.62. The summed E-state index contributed by atoms with van der Waals surface area (Å²) in [4.78, 5) is 28.2. The van der Waals surface area contributed by atoms with Gasteiger partial charge >= 0.3 is 6.03 Å². The first kappa shape index (κ1) is 11.9. The average Bonchev–Trinajstić information content (AvgIpc) is 3.06. The van der Waals surface area contributed by atoms with E-state index in [0.717, 1.165) is 12.0 Å². The van der Waals surface area contributed by atoms with Crippen LogP contribution in [0.15, 0.2) is 24.3 Å². The molecule has 0 N–H and O–H groups in total. The van der Waals surface area contributed by atoms with Crippen LogP contribution in [0.25, 0.3) is 0 Å². The topological polar surface area (TPSA) is 49.9 Å². The van der Waals surface area contributed by atoms with E-state index in [1.165, 1.54) is 10.5 Å². The van der Waals surface area contributed by atoms with Crippen LogP contribution >= 0.6 is 0 Å². The summed E-state index contributed by atoms with van der Waals surface area (Å²) in [5.41, 5.74) is 2.33. The Labute approximate surface area is 117 Å². The third kappa shape index (κ3) is 1.59. The number of carbonyl (C=O) groups excluding carboxylic acids is 2. The molecule has 0 spiro atoms. The highest BCUT2D eigenvalue weighted by Gasteiger charge is 2.50. The van der Waals surface area contributed by atoms with Gasteiger partial charge in [0.25, 0.3) is 5.91 Å². The number of amides is 3. The van der Waals surface area contributed by atoms with E-state index in [9.17, 15) is 9.59 Å². The van der Waals surface area contributed by atoms with Crippen molar-refractivity contribution in [1.29, 1.82) is 0 Å². The molecular formula is C15H16N2O3. The maximum atomic E-state index is 12.6. The van der Waals surface area contributed by atoms with Crippen molar-refractivity contribution < 1.29 is 14.3 Å². The highest BCUT2D eigenvalue weighted by Crippen LogP contribution is 2.32. The number of urea groups is 1. The van der Waals surface area contributed by atoms with Crippen molar-refractivity contribution in [3.63, 3.8) is 0 Å². The highest BCUT2D eigenvalue weighted by atomic mass is 16.5. The molecule has 3 aliphatic rings. The molecule has 0 aromatic heterocycles. The van der Waals surface area contributed by atoms with Crippen molar-refractivity contribution in [2.45, 2.75) is 31.5 Å². The van der Waals surface area contributed by atoms with Gasteiger partial charge in [-0.2, -0.15) is 0 Å². The highest BCUT2D eigenvalue weighted by molar-refractivity contribution is 6.05. The van der Waals surface area contributed by atoms with Gasteiger partial charge in [-0.15, -0.1) is 0 Å². The first-order chi connectivity index (χ1) is 9.75. The zero-order valence-corrected chi connectivity index (χ0v) is 11.1. The molecule has 2 unspecified atom stereocenters. The van der Waals surface area contributed by atoms with Gasteiger partial charge in [0.2, 0.25) is 0 Å². The number of hydrogen-bond donors (Lipinski definition) is 0. The Bertz CT molecular complexity index is 537. The van der Waals surface area contributed by atoms with Gasteiger partial charge in [0.1, 0.15) is 6.04 Å². The number of hydrogen-bond acceptors (Lipinski definition) is 3. The van der Waals surface area contributed by atoms with Gasteiger partial charge in [0, 0.05) is 19.6 Å². The molecule has 0 saturated carbocycles. The maximum absolute atomic E-state index is 12.6. The molecule has 1 aromatic rings. The molecule has 2 fully saturated rings. The lowest BCUT2D eigenvalue weighted by Gasteiger charge is -2.28. The summed E-state index contributed by atoms with van der Waals surface area (Å²) in [6, 6.07) is 7.49. The van der Waals surface area contributed by atoms with Crippen LogP contribution in [-0.2, 0) is 22.5 Å². The van der Waals surface area contributed by atoms with E-state index in [1.807, 2.05) is 24.3 Å². The molecule has 3 aliphatic heterocycles. The lowest BCUT2D eigenvalue weighted by atomic mass is 9.95. The summed E-state index contributed by atoms with van der Waals surface area (Å²) >= 11 is 0. The fourth-order valence-electron chi connectivity index (χ4n) is 3.40. The average molecular weight is 272 g/mol. The second-order valence-corrected chi connectivity index (χ2v) is 5.62. The van der Waals surface area contributed by atoms with Crippen molar-refractivity contribution in [3.05, 3.63) is 35.4 Å². The molecule has 104 valence electrons. The predicted octanol–water partition coefficient (Wildman–Crippen LogP) is 1.16. The molecule has 2 saturated heterocycles. The normalized spacial score (nSPS) is 28.8. The van der Waals surface area contributed by atoms with Gasteiger partial charge < -0.3 is 9.64 Å². The molecular weight excluding hydrogens is 256 g/mol. The molecule has 5 heteroatoms. The number of rotatable bonds is 1. The molecule has 3 amide bonds. The summed E-state index contributed by atoms with van der Waals surface area (Å²) in [7, 11) is 0. The van der Waals surface area contributed by atoms with Crippen molar-refractivity contribution in [3.8, 4) is 0 Å².